The summed E-state index contributed by atoms with van der Waals surface area (Å²) in [4.78, 5) is 41.4. The number of nitrogens with one attached hydrogen (secondary N) is 2. The quantitative estimate of drug-likeness (QED) is 0.413. The molecule has 10 nitrogen and oxygen atoms in total. The van der Waals surface area contributed by atoms with Crippen LogP contribution >= 0.6 is 0 Å². The summed E-state index contributed by atoms with van der Waals surface area (Å²) in [6, 6.07) is 15.3. The molecule has 2 aliphatic heterocycles. The monoisotopic (exact) mass is 541 g/mol. The average Bonchev–Trinajstić information content (AvgIpc) is 3.35. The normalized spacial score (nSPS) is 19.1. The molecule has 1 unspecified atom stereocenters. The Morgan fingerprint density at radius 3 is 2.67 bits per heavy atom. The number of nitrogens with zero attached hydrogens (tertiary/aromatic N) is 5. The smallest absolute Gasteiger partial charge is 0.251 e. The van der Waals surface area contributed by atoms with Crippen molar-refractivity contribution in [3.05, 3.63) is 72.9 Å². The van der Waals surface area contributed by atoms with Gasteiger partial charge in [0.1, 0.15) is 11.4 Å². The van der Waals surface area contributed by atoms with Crippen LogP contribution < -0.4 is 25.2 Å². The molecule has 0 radical (unpaired) electrons. The number of carbonyl (C=O) groups excluding carboxylic acids is 2. The number of allylic oxidation sites excluding steroid dienone is 1. The summed E-state index contributed by atoms with van der Waals surface area (Å²) in [5.41, 5.74) is 2.67. The highest BCUT2D eigenvalue weighted by Gasteiger charge is 2.33. The van der Waals surface area contributed by atoms with Crippen molar-refractivity contribution in [3.8, 4) is 5.75 Å². The lowest BCUT2D eigenvalue weighted by Crippen LogP contribution is -2.36. The fraction of sp³-hybridized carbons (Fsp3) is 0.333. The number of likely N-dealkylation sites (N-methyl/N-ethyl adjacent to an activating group) is 1. The lowest BCUT2D eigenvalue weighted by molar-refractivity contribution is -0.121. The van der Waals surface area contributed by atoms with Crippen LogP contribution in [0.4, 0.5) is 28.8 Å². The summed E-state index contributed by atoms with van der Waals surface area (Å²) in [6.07, 6.45) is 4.91. The lowest BCUT2D eigenvalue weighted by Gasteiger charge is -2.25. The summed E-state index contributed by atoms with van der Waals surface area (Å²) in [7, 11) is 5.36. The molecule has 208 valence electrons. The van der Waals surface area contributed by atoms with Gasteiger partial charge in [0.15, 0.2) is 5.82 Å². The van der Waals surface area contributed by atoms with Gasteiger partial charge in [-0.1, -0.05) is 24.3 Å². The molecule has 40 heavy (non-hydrogen) atoms. The Morgan fingerprint density at radius 1 is 1.18 bits per heavy atom. The number of fused-ring (bicyclic) bond motifs is 1. The summed E-state index contributed by atoms with van der Waals surface area (Å²) in [6.45, 7) is 6.11. The van der Waals surface area contributed by atoms with Gasteiger partial charge in [-0.2, -0.15) is 4.98 Å². The molecule has 1 fully saturated rings. The van der Waals surface area contributed by atoms with Gasteiger partial charge in [-0.15, -0.1) is 6.58 Å². The molecule has 0 aliphatic carbocycles. The second-order valence-corrected chi connectivity index (χ2v) is 10.2. The topological polar surface area (TPSA) is 103 Å². The van der Waals surface area contributed by atoms with Gasteiger partial charge < -0.3 is 30.1 Å². The predicted molar refractivity (Wildman–Crippen MR) is 157 cm³/mol. The number of anilines is 5. The van der Waals surface area contributed by atoms with E-state index in [0.717, 1.165) is 25.2 Å². The van der Waals surface area contributed by atoms with Crippen molar-refractivity contribution in [2.75, 3.05) is 56.0 Å². The van der Waals surface area contributed by atoms with Gasteiger partial charge in [-0.05, 0) is 56.8 Å². The maximum absolute atomic E-state index is 13.3. The maximum atomic E-state index is 13.3. The lowest BCUT2D eigenvalue weighted by atomic mass is 10.0. The van der Waals surface area contributed by atoms with Crippen LogP contribution in [0.1, 0.15) is 23.2 Å². The molecule has 0 bridgehead atoms. The zero-order valence-corrected chi connectivity index (χ0v) is 23.1. The molecule has 2 atom stereocenters. The van der Waals surface area contributed by atoms with Crippen molar-refractivity contribution in [2.24, 2.45) is 5.92 Å². The second kappa shape index (κ2) is 11.7. The number of rotatable bonds is 8. The summed E-state index contributed by atoms with van der Waals surface area (Å²) >= 11 is 0. The van der Waals surface area contributed by atoms with Crippen molar-refractivity contribution in [3.63, 3.8) is 0 Å². The number of para-hydroxylation sites is 1. The molecule has 0 spiro atoms. The zero-order chi connectivity index (χ0) is 28.2. The second-order valence-electron chi connectivity index (χ2n) is 10.2. The highest BCUT2D eigenvalue weighted by molar-refractivity contribution is 6.00. The van der Waals surface area contributed by atoms with Crippen LogP contribution in [0.3, 0.4) is 0 Å². The molecule has 3 heterocycles. The fourth-order valence-electron chi connectivity index (χ4n) is 5.23. The van der Waals surface area contributed by atoms with E-state index in [2.05, 4.69) is 34.1 Å². The number of hydrogen-bond donors (Lipinski definition) is 2. The molecular formula is C30H35N7O3. The Hall–Kier alpha value is -4.44. The van der Waals surface area contributed by atoms with Gasteiger partial charge in [-0.25, -0.2) is 4.98 Å². The van der Waals surface area contributed by atoms with Crippen molar-refractivity contribution in [1.29, 1.82) is 0 Å². The van der Waals surface area contributed by atoms with E-state index in [-0.39, 0.29) is 23.8 Å². The molecular weight excluding hydrogens is 506 g/mol. The molecule has 1 aromatic heterocycles. The number of carbonyl (C=O) groups is 2. The Kier molecular flexibility index (Phi) is 7.97. The zero-order valence-electron chi connectivity index (χ0n) is 23.1. The number of ether oxygens (including phenoxy) is 1. The number of likely N-dealkylation sites (tertiary alicyclic amines) is 1. The number of benzene rings is 2. The highest BCUT2D eigenvalue weighted by Crippen LogP contribution is 2.38. The Labute approximate surface area is 234 Å². The number of amides is 2. The van der Waals surface area contributed by atoms with Gasteiger partial charge in [0.05, 0.1) is 24.9 Å². The molecule has 2 amide bonds. The van der Waals surface area contributed by atoms with Crippen molar-refractivity contribution >= 4 is 40.6 Å². The number of aromatic nitrogens is 2. The number of hydrogen-bond acceptors (Lipinski definition) is 8. The van der Waals surface area contributed by atoms with E-state index in [0.29, 0.717) is 47.4 Å². The minimum Gasteiger partial charge on any atom is -0.495 e. The van der Waals surface area contributed by atoms with E-state index in [1.54, 1.807) is 49.5 Å². The van der Waals surface area contributed by atoms with E-state index in [1.807, 2.05) is 35.2 Å². The van der Waals surface area contributed by atoms with Gasteiger partial charge in [0, 0.05) is 37.4 Å². The first kappa shape index (κ1) is 27.1. The Balaban J connectivity index is 1.44. The summed E-state index contributed by atoms with van der Waals surface area (Å²) < 4.78 is 5.61. The van der Waals surface area contributed by atoms with Gasteiger partial charge in [0.2, 0.25) is 11.9 Å². The standard InChI is InChI=1S/C30H35N7O3/c1-5-9-21-18-37(23-10-7-6-8-11-23)27-25(36(3)29(21)39)17-31-30(34-27)33-24-13-12-20(16-26(24)40-4)28(38)32-22-14-15-35(2)19-22/h5-8,10-13,16-17,21-22H,1,9,14-15,18-19H2,2-4H3,(H,32,38)(H,31,33,34)/t21?,22-/m0/s1. The first-order valence-electron chi connectivity index (χ1n) is 13.4. The van der Waals surface area contributed by atoms with Crippen LogP contribution in [0.25, 0.3) is 0 Å². The maximum Gasteiger partial charge on any atom is 0.251 e. The van der Waals surface area contributed by atoms with Crippen LogP contribution in [0.5, 0.6) is 5.75 Å². The van der Waals surface area contributed by atoms with E-state index in [4.69, 9.17) is 9.72 Å². The molecule has 2 N–H and O–H groups in total. The third kappa shape index (κ3) is 5.62. The highest BCUT2D eigenvalue weighted by atomic mass is 16.5. The van der Waals surface area contributed by atoms with Gasteiger partial charge in [0.25, 0.3) is 5.91 Å². The third-order valence-electron chi connectivity index (χ3n) is 7.41. The van der Waals surface area contributed by atoms with Gasteiger partial charge in [-0.3, -0.25) is 9.59 Å². The van der Waals surface area contributed by atoms with Crippen molar-refractivity contribution in [1.82, 2.24) is 20.2 Å². The fourth-order valence-corrected chi connectivity index (χ4v) is 5.23. The van der Waals surface area contributed by atoms with Gasteiger partial charge >= 0.3 is 0 Å². The molecule has 5 rings (SSSR count). The first-order valence-corrected chi connectivity index (χ1v) is 13.4. The van der Waals surface area contributed by atoms with E-state index in [9.17, 15) is 9.59 Å². The van der Waals surface area contributed by atoms with E-state index in [1.165, 1.54) is 0 Å². The van der Waals surface area contributed by atoms with Crippen LogP contribution in [-0.2, 0) is 4.79 Å². The minimum absolute atomic E-state index is 0.0105. The molecule has 0 saturated carbocycles. The Morgan fingerprint density at radius 2 is 1.98 bits per heavy atom. The van der Waals surface area contributed by atoms with E-state index >= 15 is 0 Å². The molecule has 2 aliphatic rings. The largest absolute Gasteiger partial charge is 0.495 e. The van der Waals surface area contributed by atoms with Crippen molar-refractivity contribution in [2.45, 2.75) is 18.9 Å². The summed E-state index contributed by atoms with van der Waals surface area (Å²) in [5.74, 6) is 1.02. The van der Waals surface area contributed by atoms with Crippen LogP contribution in [-0.4, -0.2) is 73.6 Å². The molecule has 2 aromatic carbocycles. The van der Waals surface area contributed by atoms with Crippen LogP contribution in [0.2, 0.25) is 0 Å². The molecule has 10 heteroatoms. The summed E-state index contributed by atoms with van der Waals surface area (Å²) in [5, 5.41) is 6.34. The van der Waals surface area contributed by atoms with E-state index < -0.39 is 0 Å². The predicted octanol–water partition coefficient (Wildman–Crippen LogP) is 3.97. The SMILES string of the molecule is C=CCC1CN(c2ccccc2)c2nc(Nc3ccc(C(=O)N[C@H]4CCN(C)C4)cc3OC)ncc2N(C)C1=O. The average molecular weight is 542 g/mol. The first-order chi connectivity index (χ1) is 19.4. The van der Waals surface area contributed by atoms with Crippen molar-refractivity contribution < 1.29 is 14.3 Å². The van der Waals surface area contributed by atoms with Crippen LogP contribution in [0, 0.1) is 5.92 Å². The molecule has 3 aromatic rings. The van der Waals surface area contributed by atoms with Crippen LogP contribution in [0.15, 0.2) is 67.4 Å². The molecule has 1 saturated heterocycles. The third-order valence-corrected chi connectivity index (χ3v) is 7.41. The Bertz CT molecular complexity index is 1400. The minimum atomic E-state index is -0.281. The number of methoxy groups -OCH3 is 1.